The number of aryl methyl sites for hydroxylation is 1. The number of aromatic nitrogens is 4. The third kappa shape index (κ3) is 3.21. The van der Waals surface area contributed by atoms with Gasteiger partial charge in [-0.1, -0.05) is 12.1 Å². The quantitative estimate of drug-likeness (QED) is 0.763. The van der Waals surface area contributed by atoms with Crippen LogP contribution in [-0.2, 0) is 7.05 Å². The van der Waals surface area contributed by atoms with Crippen LogP contribution < -0.4 is 10.6 Å². The fourth-order valence-electron chi connectivity index (χ4n) is 3.53. The number of nitrogens with zero attached hydrogens (tertiary/aromatic N) is 6. The van der Waals surface area contributed by atoms with Gasteiger partial charge in [0.05, 0.1) is 11.1 Å². The monoisotopic (exact) mass is 369 g/mol. The Morgan fingerprint density at radius 1 is 1.11 bits per heavy atom. The molecule has 0 radical (unpaired) electrons. The first-order valence-electron chi connectivity index (χ1n) is 9.19. The van der Waals surface area contributed by atoms with Crippen molar-refractivity contribution in [3.63, 3.8) is 0 Å². The predicted molar refractivity (Wildman–Crippen MR) is 105 cm³/mol. The van der Waals surface area contributed by atoms with Crippen LogP contribution in [0.5, 0.6) is 0 Å². The average molecular weight is 369 g/mol. The molecule has 0 atom stereocenters. The number of benzene rings is 1. The molecule has 1 saturated heterocycles. The fourth-order valence-corrected chi connectivity index (χ4v) is 3.53. The van der Waals surface area contributed by atoms with Gasteiger partial charge in [-0.15, -0.1) is 0 Å². The lowest BCUT2D eigenvalue weighted by Crippen LogP contribution is -2.49. The molecule has 3 heterocycles. The van der Waals surface area contributed by atoms with E-state index in [0.29, 0.717) is 40.1 Å². The minimum absolute atomic E-state index is 0.311. The van der Waals surface area contributed by atoms with Crippen LogP contribution in [0, 0.1) is 5.82 Å². The van der Waals surface area contributed by atoms with Gasteiger partial charge in [0, 0.05) is 44.8 Å². The van der Waals surface area contributed by atoms with Crippen LogP contribution in [0.2, 0.25) is 0 Å². The minimum Gasteiger partial charge on any atom is -0.383 e. The normalized spacial score (nSPS) is 15.8. The van der Waals surface area contributed by atoms with Crippen LogP contribution in [0.25, 0.3) is 22.3 Å². The summed E-state index contributed by atoms with van der Waals surface area (Å²) in [5.74, 6) is 0.775. The molecule has 8 heteroatoms. The molecule has 2 N–H and O–H groups in total. The third-order valence-corrected chi connectivity index (χ3v) is 5.15. The van der Waals surface area contributed by atoms with Crippen LogP contribution in [0.15, 0.2) is 24.3 Å². The summed E-state index contributed by atoms with van der Waals surface area (Å²) in [5, 5.41) is 5.09. The lowest BCUT2D eigenvalue weighted by atomic mass is 10.1. The molecule has 1 aliphatic heterocycles. The average Bonchev–Trinajstić information content (AvgIpc) is 2.95. The molecule has 1 aromatic carbocycles. The lowest BCUT2D eigenvalue weighted by molar-refractivity contribution is 0.208. The molecule has 0 unspecified atom stereocenters. The van der Waals surface area contributed by atoms with E-state index in [1.165, 1.54) is 12.1 Å². The van der Waals surface area contributed by atoms with Gasteiger partial charge in [-0.05, 0) is 26.0 Å². The number of anilines is 2. The number of hydrogen-bond acceptors (Lipinski definition) is 6. The van der Waals surface area contributed by atoms with Gasteiger partial charge < -0.3 is 10.6 Å². The Kier molecular flexibility index (Phi) is 4.43. The van der Waals surface area contributed by atoms with E-state index in [-0.39, 0.29) is 5.82 Å². The van der Waals surface area contributed by atoms with Crippen molar-refractivity contribution in [3.05, 3.63) is 30.1 Å². The molecule has 2 aromatic heterocycles. The van der Waals surface area contributed by atoms with E-state index in [2.05, 4.69) is 33.7 Å². The summed E-state index contributed by atoms with van der Waals surface area (Å²) >= 11 is 0. The molecule has 0 saturated carbocycles. The van der Waals surface area contributed by atoms with Crippen LogP contribution in [0.4, 0.5) is 16.2 Å². The second kappa shape index (κ2) is 6.77. The highest BCUT2D eigenvalue weighted by atomic mass is 19.1. The van der Waals surface area contributed by atoms with Gasteiger partial charge in [0.2, 0.25) is 5.95 Å². The molecule has 1 aliphatic rings. The first kappa shape index (κ1) is 17.7. The molecular formula is C19H24FN7. The van der Waals surface area contributed by atoms with Crippen LogP contribution in [0.1, 0.15) is 13.8 Å². The second-order valence-electron chi connectivity index (χ2n) is 7.21. The summed E-state index contributed by atoms with van der Waals surface area (Å²) in [5.41, 5.74) is 8.02. The Balaban J connectivity index is 1.80. The zero-order valence-corrected chi connectivity index (χ0v) is 15.9. The largest absolute Gasteiger partial charge is 0.383 e. The number of nitrogen functional groups attached to an aromatic ring is 1. The molecule has 7 nitrogen and oxygen atoms in total. The predicted octanol–water partition coefficient (Wildman–Crippen LogP) is 2.28. The maximum absolute atomic E-state index is 13.8. The SMILES string of the molecule is CC(C)N1CCN(c2nc(-c3cccc(F)c3)c3c(N)n(C)nc3n2)CC1. The number of halogens is 1. The lowest BCUT2D eigenvalue weighted by Gasteiger charge is -2.36. The standard InChI is InChI=1S/C19H24FN7/c1-12(2)26-7-9-27(10-8-26)19-22-16(13-5-4-6-14(20)11-13)15-17(21)25(3)24-18(15)23-19/h4-6,11-12H,7-10,21H2,1-3H3. The van der Waals surface area contributed by atoms with E-state index in [4.69, 9.17) is 10.7 Å². The van der Waals surface area contributed by atoms with Crippen LogP contribution in [0.3, 0.4) is 0 Å². The summed E-state index contributed by atoms with van der Waals surface area (Å²) in [6, 6.07) is 6.91. The molecular weight excluding hydrogens is 345 g/mol. The summed E-state index contributed by atoms with van der Waals surface area (Å²) in [4.78, 5) is 14.0. The van der Waals surface area contributed by atoms with Gasteiger partial charge in [0.25, 0.3) is 0 Å². The van der Waals surface area contributed by atoms with Gasteiger partial charge in [-0.2, -0.15) is 10.1 Å². The number of rotatable bonds is 3. The molecule has 3 aromatic rings. The van der Waals surface area contributed by atoms with Crippen molar-refractivity contribution in [1.29, 1.82) is 0 Å². The van der Waals surface area contributed by atoms with E-state index in [1.54, 1.807) is 17.8 Å². The highest BCUT2D eigenvalue weighted by molar-refractivity contribution is 5.98. The maximum atomic E-state index is 13.8. The van der Waals surface area contributed by atoms with Crippen molar-refractivity contribution < 1.29 is 4.39 Å². The number of piperazine rings is 1. The molecule has 0 amide bonds. The van der Waals surface area contributed by atoms with Gasteiger partial charge in [0.15, 0.2) is 5.65 Å². The zero-order chi connectivity index (χ0) is 19.1. The van der Waals surface area contributed by atoms with E-state index < -0.39 is 0 Å². The van der Waals surface area contributed by atoms with Crippen molar-refractivity contribution in [1.82, 2.24) is 24.6 Å². The second-order valence-corrected chi connectivity index (χ2v) is 7.21. The van der Waals surface area contributed by atoms with Crippen LogP contribution in [-0.4, -0.2) is 56.9 Å². The molecule has 0 spiro atoms. The summed E-state index contributed by atoms with van der Waals surface area (Å²) < 4.78 is 15.4. The van der Waals surface area contributed by atoms with Gasteiger partial charge in [0.1, 0.15) is 11.6 Å². The van der Waals surface area contributed by atoms with Crippen molar-refractivity contribution in [2.24, 2.45) is 7.05 Å². The number of hydrogen-bond donors (Lipinski definition) is 1. The van der Waals surface area contributed by atoms with E-state index in [1.807, 2.05) is 6.07 Å². The van der Waals surface area contributed by atoms with Crippen molar-refractivity contribution >= 4 is 22.8 Å². The summed E-state index contributed by atoms with van der Waals surface area (Å²) in [6.45, 7) is 8.01. The van der Waals surface area contributed by atoms with Crippen molar-refractivity contribution in [2.45, 2.75) is 19.9 Å². The Morgan fingerprint density at radius 2 is 1.85 bits per heavy atom. The third-order valence-electron chi connectivity index (χ3n) is 5.15. The van der Waals surface area contributed by atoms with Crippen molar-refractivity contribution in [2.75, 3.05) is 36.8 Å². The Bertz CT molecular complexity index is 974. The van der Waals surface area contributed by atoms with Gasteiger partial charge >= 0.3 is 0 Å². The van der Waals surface area contributed by atoms with Gasteiger partial charge in [-0.25, -0.2) is 9.37 Å². The fraction of sp³-hybridized carbons (Fsp3) is 0.421. The molecule has 1 fully saturated rings. The van der Waals surface area contributed by atoms with Crippen molar-refractivity contribution in [3.8, 4) is 11.3 Å². The highest BCUT2D eigenvalue weighted by Crippen LogP contribution is 2.32. The summed E-state index contributed by atoms with van der Waals surface area (Å²) in [6.07, 6.45) is 0. The summed E-state index contributed by atoms with van der Waals surface area (Å²) in [7, 11) is 1.77. The highest BCUT2D eigenvalue weighted by Gasteiger charge is 2.24. The smallest absolute Gasteiger partial charge is 0.228 e. The molecule has 142 valence electrons. The molecule has 4 rings (SSSR count). The zero-order valence-electron chi connectivity index (χ0n) is 15.9. The molecule has 27 heavy (non-hydrogen) atoms. The van der Waals surface area contributed by atoms with E-state index in [0.717, 1.165) is 26.2 Å². The topological polar surface area (TPSA) is 76.1 Å². The van der Waals surface area contributed by atoms with Gasteiger partial charge in [-0.3, -0.25) is 9.58 Å². The Labute approximate surface area is 157 Å². The first-order chi connectivity index (χ1) is 12.9. The number of nitrogens with two attached hydrogens (primary N) is 1. The number of fused-ring (bicyclic) bond motifs is 1. The first-order valence-corrected chi connectivity index (χ1v) is 9.19. The van der Waals surface area contributed by atoms with E-state index in [9.17, 15) is 4.39 Å². The van der Waals surface area contributed by atoms with E-state index >= 15 is 0 Å². The maximum Gasteiger partial charge on any atom is 0.228 e. The molecule has 0 aliphatic carbocycles. The minimum atomic E-state index is -0.311. The Hall–Kier alpha value is -2.74. The Morgan fingerprint density at radius 3 is 2.52 bits per heavy atom. The molecule has 0 bridgehead atoms. The van der Waals surface area contributed by atoms with Crippen LogP contribution >= 0.6 is 0 Å².